The molecule has 0 aliphatic carbocycles. The van der Waals surface area contributed by atoms with Crippen LogP contribution in [0.4, 0.5) is 17.6 Å². The van der Waals surface area contributed by atoms with Crippen molar-refractivity contribution in [2.75, 3.05) is 26.2 Å². The molecule has 6 rings (SSSR count). The SMILES string of the molecule is CC(C)C(=O)OCn1ccc2c(-c3cnn(C4(CC#N)CN(C5CCN(C(=O)c6ccnc(C(F)(F)F)c6F)CC5)C4)c3)ncnc21. The molecule has 12 nitrogen and oxygen atoms in total. The van der Waals surface area contributed by atoms with E-state index >= 15 is 0 Å². The monoisotopic (exact) mass is 653 g/mol. The van der Waals surface area contributed by atoms with E-state index in [9.17, 15) is 32.4 Å². The number of fused-ring (bicyclic) bond motifs is 1. The summed E-state index contributed by atoms with van der Waals surface area (Å²) in [5, 5.41) is 15.1. The lowest BCUT2D eigenvalue weighted by molar-refractivity contribution is -0.151. The van der Waals surface area contributed by atoms with Crippen LogP contribution in [0.25, 0.3) is 22.3 Å². The van der Waals surface area contributed by atoms with Crippen LogP contribution in [0.1, 0.15) is 49.2 Å². The van der Waals surface area contributed by atoms with Crippen molar-refractivity contribution in [2.24, 2.45) is 5.92 Å². The highest BCUT2D eigenvalue weighted by Gasteiger charge is 2.48. The van der Waals surface area contributed by atoms with E-state index in [0.717, 1.165) is 23.2 Å². The number of nitrogens with zero attached hydrogens (tertiary/aromatic N) is 9. The first-order valence-electron chi connectivity index (χ1n) is 15.1. The molecule has 47 heavy (non-hydrogen) atoms. The summed E-state index contributed by atoms with van der Waals surface area (Å²) in [6.07, 6.45) is 3.82. The molecule has 2 aliphatic rings. The van der Waals surface area contributed by atoms with Gasteiger partial charge in [-0.1, -0.05) is 13.8 Å². The molecule has 0 bridgehead atoms. The normalized spacial score (nSPS) is 17.1. The van der Waals surface area contributed by atoms with Crippen molar-refractivity contribution in [3.05, 3.63) is 60.3 Å². The molecule has 4 aromatic rings. The maximum absolute atomic E-state index is 14.5. The van der Waals surface area contributed by atoms with Gasteiger partial charge >= 0.3 is 12.1 Å². The quantitative estimate of drug-likeness (QED) is 0.202. The fraction of sp³-hybridized carbons (Fsp3) is 0.452. The Morgan fingerprint density at radius 2 is 1.89 bits per heavy atom. The van der Waals surface area contributed by atoms with Gasteiger partial charge in [0.25, 0.3) is 5.91 Å². The van der Waals surface area contributed by atoms with Crippen LogP contribution in [-0.2, 0) is 28.0 Å². The Morgan fingerprint density at radius 1 is 1.15 bits per heavy atom. The number of amides is 1. The van der Waals surface area contributed by atoms with E-state index in [0.29, 0.717) is 37.3 Å². The molecule has 2 aliphatic heterocycles. The van der Waals surface area contributed by atoms with Gasteiger partial charge in [-0.05, 0) is 25.0 Å². The van der Waals surface area contributed by atoms with E-state index in [2.05, 4.69) is 31.0 Å². The minimum absolute atomic E-state index is 0.0179. The number of aromatic nitrogens is 6. The molecule has 16 heteroatoms. The molecular formula is C31H31F4N9O3. The van der Waals surface area contributed by atoms with Gasteiger partial charge in [-0.2, -0.15) is 23.5 Å². The minimum Gasteiger partial charge on any atom is -0.444 e. The number of halogens is 4. The van der Waals surface area contributed by atoms with Gasteiger partial charge in [-0.25, -0.2) is 19.3 Å². The zero-order valence-corrected chi connectivity index (χ0v) is 25.6. The number of ether oxygens (including phenoxy) is 1. The molecule has 2 fully saturated rings. The van der Waals surface area contributed by atoms with Gasteiger partial charge < -0.3 is 9.64 Å². The van der Waals surface area contributed by atoms with Crippen molar-refractivity contribution < 1.29 is 31.9 Å². The molecule has 0 aromatic carbocycles. The molecule has 0 saturated carbocycles. The third kappa shape index (κ3) is 6.02. The van der Waals surface area contributed by atoms with E-state index in [1.807, 2.05) is 12.3 Å². The predicted octanol–water partition coefficient (Wildman–Crippen LogP) is 4.23. The average Bonchev–Trinajstić information content (AvgIpc) is 3.69. The summed E-state index contributed by atoms with van der Waals surface area (Å²) in [5.74, 6) is -3.04. The largest absolute Gasteiger partial charge is 0.444 e. The first-order valence-corrected chi connectivity index (χ1v) is 15.1. The number of hydrogen-bond donors (Lipinski definition) is 0. The Morgan fingerprint density at radius 3 is 2.57 bits per heavy atom. The molecule has 1 amide bonds. The Bertz CT molecular complexity index is 1850. The molecule has 2 saturated heterocycles. The zero-order chi connectivity index (χ0) is 33.5. The standard InChI is InChI=1S/C31H31F4N9O3/c1-19(2)29(46)47-18-42-12-6-23-25(38-17-39-27(23)42)20-13-40-44(14-20)30(7-8-36)15-43(16-30)21-4-10-41(11-5-21)28(45)22-3-9-37-26(24(22)32)31(33,34)35/h3,6,9,12-14,17,19,21H,4-5,7,10-11,15-16,18H2,1-2H3. The van der Waals surface area contributed by atoms with Crippen LogP contribution in [-0.4, -0.2) is 83.2 Å². The highest BCUT2D eigenvalue weighted by atomic mass is 19.4. The first kappa shape index (κ1) is 32.0. The maximum atomic E-state index is 14.5. The summed E-state index contributed by atoms with van der Waals surface area (Å²) in [6, 6.07) is 5.16. The van der Waals surface area contributed by atoms with Crippen molar-refractivity contribution >= 4 is 22.9 Å². The van der Waals surface area contributed by atoms with Crippen LogP contribution in [0.3, 0.4) is 0 Å². The molecule has 6 heterocycles. The molecule has 4 aromatic heterocycles. The number of rotatable bonds is 8. The van der Waals surface area contributed by atoms with Gasteiger partial charge in [-0.3, -0.25) is 23.7 Å². The van der Waals surface area contributed by atoms with Crippen LogP contribution >= 0.6 is 0 Å². The van der Waals surface area contributed by atoms with E-state index in [-0.39, 0.29) is 44.2 Å². The van der Waals surface area contributed by atoms with Crippen LogP contribution in [0.5, 0.6) is 0 Å². The van der Waals surface area contributed by atoms with Gasteiger partial charge in [0.15, 0.2) is 18.2 Å². The number of esters is 1. The van der Waals surface area contributed by atoms with Gasteiger partial charge in [0, 0.05) is 61.8 Å². The van der Waals surface area contributed by atoms with Crippen molar-refractivity contribution in [2.45, 2.75) is 57.6 Å². The maximum Gasteiger partial charge on any atom is 0.436 e. The van der Waals surface area contributed by atoms with Gasteiger partial charge in [0.1, 0.15) is 17.5 Å². The average molecular weight is 654 g/mol. The van der Waals surface area contributed by atoms with E-state index < -0.39 is 34.7 Å². The lowest BCUT2D eigenvalue weighted by Crippen LogP contribution is -2.66. The number of hydrogen-bond acceptors (Lipinski definition) is 9. The Hall–Kier alpha value is -4.91. The first-order chi connectivity index (χ1) is 22.4. The number of pyridine rings is 1. The summed E-state index contributed by atoms with van der Waals surface area (Å²) in [6.45, 7) is 5.10. The Labute approximate surface area is 266 Å². The molecule has 246 valence electrons. The van der Waals surface area contributed by atoms with Gasteiger partial charge in [-0.15, -0.1) is 0 Å². The second-order valence-electron chi connectivity index (χ2n) is 12.2. The highest BCUT2D eigenvalue weighted by Crippen LogP contribution is 2.38. The van der Waals surface area contributed by atoms with E-state index in [1.54, 1.807) is 35.5 Å². The third-order valence-corrected chi connectivity index (χ3v) is 8.77. The second kappa shape index (κ2) is 12.4. The second-order valence-corrected chi connectivity index (χ2v) is 12.2. The minimum atomic E-state index is -5.01. The molecule has 0 atom stereocenters. The lowest BCUT2D eigenvalue weighted by atomic mass is 9.83. The van der Waals surface area contributed by atoms with Crippen LogP contribution in [0.2, 0.25) is 0 Å². The summed E-state index contributed by atoms with van der Waals surface area (Å²) < 4.78 is 62.7. The van der Waals surface area contributed by atoms with Gasteiger partial charge in [0.2, 0.25) is 0 Å². The highest BCUT2D eigenvalue weighted by molar-refractivity contribution is 5.94. The van der Waals surface area contributed by atoms with E-state index in [4.69, 9.17) is 4.74 Å². The van der Waals surface area contributed by atoms with Crippen LogP contribution in [0.15, 0.2) is 43.2 Å². The molecule has 0 unspecified atom stereocenters. The number of likely N-dealkylation sites (tertiary alicyclic amines) is 2. The topological polar surface area (TPSA) is 135 Å². The third-order valence-electron chi connectivity index (χ3n) is 8.77. The number of nitriles is 1. The summed E-state index contributed by atoms with van der Waals surface area (Å²) in [7, 11) is 0. The summed E-state index contributed by atoms with van der Waals surface area (Å²) in [5.41, 5.74) is -0.974. The van der Waals surface area contributed by atoms with Crippen LogP contribution < -0.4 is 0 Å². The van der Waals surface area contributed by atoms with Crippen molar-refractivity contribution in [3.63, 3.8) is 0 Å². The fourth-order valence-corrected chi connectivity index (χ4v) is 6.21. The van der Waals surface area contributed by atoms with Crippen molar-refractivity contribution in [1.29, 1.82) is 5.26 Å². The van der Waals surface area contributed by atoms with Gasteiger partial charge in [0.05, 0.1) is 35.9 Å². The summed E-state index contributed by atoms with van der Waals surface area (Å²) >= 11 is 0. The van der Waals surface area contributed by atoms with Crippen LogP contribution in [0, 0.1) is 23.1 Å². The number of carbonyl (C=O) groups excluding carboxylic acids is 2. The zero-order valence-electron chi connectivity index (χ0n) is 25.6. The number of piperidine rings is 1. The summed E-state index contributed by atoms with van der Waals surface area (Å²) in [4.78, 5) is 40.3. The Balaban J connectivity index is 1.11. The number of carbonyl (C=O) groups is 2. The van der Waals surface area contributed by atoms with Crippen molar-refractivity contribution in [3.8, 4) is 17.3 Å². The van der Waals surface area contributed by atoms with Crippen molar-refractivity contribution in [1.82, 2.24) is 39.1 Å². The molecule has 0 radical (unpaired) electrons. The number of alkyl halides is 3. The lowest BCUT2D eigenvalue weighted by Gasteiger charge is -2.53. The smallest absolute Gasteiger partial charge is 0.436 e. The molecule has 0 N–H and O–H groups in total. The van der Waals surface area contributed by atoms with E-state index in [1.165, 1.54) is 11.2 Å². The molecule has 0 spiro atoms. The fourth-order valence-electron chi connectivity index (χ4n) is 6.21. The molecular weight excluding hydrogens is 622 g/mol. The Kier molecular flexibility index (Phi) is 8.43. The predicted molar refractivity (Wildman–Crippen MR) is 158 cm³/mol.